The van der Waals surface area contributed by atoms with E-state index >= 15 is 0 Å². The number of nitrogens with two attached hydrogens (primary N) is 1. The highest BCUT2D eigenvalue weighted by atomic mass is 35.5. The largest absolute Gasteiger partial charge is 0.327 e. The van der Waals surface area contributed by atoms with Gasteiger partial charge in [-0.1, -0.05) is 23.7 Å². The van der Waals surface area contributed by atoms with Crippen LogP contribution in [0.1, 0.15) is 23.1 Å². The second-order valence-corrected chi connectivity index (χ2v) is 4.21. The summed E-state index contributed by atoms with van der Waals surface area (Å²) in [4.78, 5) is 0. The lowest BCUT2D eigenvalue weighted by Gasteiger charge is -2.22. The van der Waals surface area contributed by atoms with Crippen LogP contribution in [0.2, 0.25) is 5.02 Å². The van der Waals surface area contributed by atoms with Crippen LogP contribution >= 0.6 is 11.6 Å². The van der Waals surface area contributed by atoms with Gasteiger partial charge in [0, 0.05) is 11.1 Å². The van der Waals surface area contributed by atoms with E-state index in [0.717, 1.165) is 24.3 Å². The molecule has 70 valence electrons. The average Bonchev–Trinajstić information content (AvgIpc) is 2.12. The minimum atomic E-state index is 0.325. The van der Waals surface area contributed by atoms with Crippen molar-refractivity contribution in [1.29, 1.82) is 0 Å². The first-order valence-electron chi connectivity index (χ1n) is 4.71. The first kappa shape index (κ1) is 9.04. The van der Waals surface area contributed by atoms with Gasteiger partial charge in [0.15, 0.2) is 0 Å². The third kappa shape index (κ3) is 1.59. The summed E-state index contributed by atoms with van der Waals surface area (Å²) in [6.45, 7) is 2.05. The van der Waals surface area contributed by atoms with E-state index in [4.69, 9.17) is 17.3 Å². The Kier molecular flexibility index (Phi) is 2.31. The molecule has 0 aliphatic heterocycles. The lowest BCUT2D eigenvalue weighted by Crippen LogP contribution is -2.28. The maximum atomic E-state index is 6.22. The van der Waals surface area contributed by atoms with Crippen molar-refractivity contribution >= 4 is 11.6 Å². The molecule has 13 heavy (non-hydrogen) atoms. The number of rotatable bonds is 0. The third-order valence-corrected chi connectivity index (χ3v) is 3.31. The smallest absolute Gasteiger partial charge is 0.0469 e. The van der Waals surface area contributed by atoms with E-state index in [1.807, 2.05) is 0 Å². The van der Waals surface area contributed by atoms with Gasteiger partial charge in [-0.15, -0.1) is 0 Å². The third-order valence-electron chi connectivity index (χ3n) is 2.78. The van der Waals surface area contributed by atoms with E-state index in [1.165, 1.54) is 16.7 Å². The Balaban J connectivity index is 2.47. The second-order valence-electron chi connectivity index (χ2n) is 3.84. The number of aryl methyl sites for hydroxylation is 1. The molecule has 0 aromatic heterocycles. The highest BCUT2D eigenvalue weighted by Crippen LogP contribution is 2.29. The zero-order valence-corrected chi connectivity index (χ0v) is 8.56. The van der Waals surface area contributed by atoms with Crippen molar-refractivity contribution < 1.29 is 0 Å². The molecule has 0 saturated heterocycles. The molecule has 1 aromatic carbocycles. The van der Waals surface area contributed by atoms with Crippen LogP contribution in [0.3, 0.4) is 0 Å². The summed E-state index contributed by atoms with van der Waals surface area (Å²) in [6.07, 6.45) is 3.09. The van der Waals surface area contributed by atoms with E-state index < -0.39 is 0 Å². The second kappa shape index (κ2) is 3.32. The fraction of sp³-hybridized carbons (Fsp3) is 0.455. The van der Waals surface area contributed by atoms with Crippen LogP contribution in [0.15, 0.2) is 12.1 Å². The topological polar surface area (TPSA) is 26.0 Å². The van der Waals surface area contributed by atoms with Gasteiger partial charge in [-0.25, -0.2) is 0 Å². The standard InChI is InChI=1S/C11H14ClN/c1-7-2-3-8-6-9(13)4-5-10(8)11(7)12/h2-3,9H,4-6,13H2,1H3. The van der Waals surface area contributed by atoms with Crippen molar-refractivity contribution in [2.75, 3.05) is 0 Å². The van der Waals surface area contributed by atoms with Gasteiger partial charge in [0.05, 0.1) is 0 Å². The van der Waals surface area contributed by atoms with E-state index in [1.54, 1.807) is 0 Å². The molecule has 1 nitrogen and oxygen atoms in total. The number of benzene rings is 1. The van der Waals surface area contributed by atoms with Crippen molar-refractivity contribution in [2.45, 2.75) is 32.2 Å². The van der Waals surface area contributed by atoms with Gasteiger partial charge in [0.1, 0.15) is 0 Å². The maximum Gasteiger partial charge on any atom is 0.0469 e. The predicted molar refractivity (Wildman–Crippen MR) is 56.2 cm³/mol. The predicted octanol–water partition coefficient (Wildman–Crippen LogP) is 2.46. The molecule has 0 bridgehead atoms. The number of hydrogen-bond acceptors (Lipinski definition) is 1. The summed E-state index contributed by atoms with van der Waals surface area (Å²) in [7, 11) is 0. The molecule has 1 aliphatic carbocycles. The number of hydrogen-bond donors (Lipinski definition) is 1. The van der Waals surface area contributed by atoms with E-state index in [2.05, 4.69) is 19.1 Å². The van der Waals surface area contributed by atoms with Crippen molar-refractivity contribution in [3.63, 3.8) is 0 Å². The van der Waals surface area contributed by atoms with Gasteiger partial charge in [0.25, 0.3) is 0 Å². The minimum Gasteiger partial charge on any atom is -0.327 e. The van der Waals surface area contributed by atoms with Gasteiger partial charge < -0.3 is 5.73 Å². The van der Waals surface area contributed by atoms with Crippen molar-refractivity contribution in [3.8, 4) is 0 Å². The van der Waals surface area contributed by atoms with E-state index in [0.29, 0.717) is 6.04 Å². The summed E-state index contributed by atoms with van der Waals surface area (Å²) in [5, 5.41) is 0.949. The van der Waals surface area contributed by atoms with Gasteiger partial charge in [-0.05, 0) is 42.9 Å². The van der Waals surface area contributed by atoms with Gasteiger partial charge >= 0.3 is 0 Å². The molecule has 0 saturated carbocycles. The highest BCUT2D eigenvalue weighted by molar-refractivity contribution is 6.32. The van der Waals surface area contributed by atoms with Crippen LogP contribution < -0.4 is 5.73 Å². The zero-order valence-electron chi connectivity index (χ0n) is 7.81. The van der Waals surface area contributed by atoms with Crippen LogP contribution in [0.5, 0.6) is 0 Å². The highest BCUT2D eigenvalue weighted by Gasteiger charge is 2.18. The lowest BCUT2D eigenvalue weighted by atomic mass is 9.88. The molecule has 1 aliphatic rings. The van der Waals surface area contributed by atoms with E-state index in [-0.39, 0.29) is 0 Å². The van der Waals surface area contributed by atoms with E-state index in [9.17, 15) is 0 Å². The molecule has 2 heteroatoms. The summed E-state index contributed by atoms with van der Waals surface area (Å²) < 4.78 is 0. The monoisotopic (exact) mass is 195 g/mol. The molecule has 0 fully saturated rings. The van der Waals surface area contributed by atoms with Crippen molar-refractivity contribution in [2.24, 2.45) is 5.73 Å². The van der Waals surface area contributed by atoms with Crippen LogP contribution in [-0.2, 0) is 12.8 Å². The van der Waals surface area contributed by atoms with Crippen molar-refractivity contribution in [3.05, 3.63) is 33.8 Å². The Hall–Kier alpha value is -0.530. The van der Waals surface area contributed by atoms with Crippen LogP contribution in [0.4, 0.5) is 0 Å². The van der Waals surface area contributed by atoms with Crippen LogP contribution in [0, 0.1) is 6.92 Å². The number of fused-ring (bicyclic) bond motifs is 1. The van der Waals surface area contributed by atoms with Crippen LogP contribution in [0.25, 0.3) is 0 Å². The van der Waals surface area contributed by atoms with Gasteiger partial charge in [0.2, 0.25) is 0 Å². The Morgan fingerprint density at radius 3 is 3.00 bits per heavy atom. The first-order valence-corrected chi connectivity index (χ1v) is 5.08. The Morgan fingerprint density at radius 2 is 2.23 bits per heavy atom. The minimum absolute atomic E-state index is 0.325. The Bertz CT molecular complexity index is 333. The molecule has 0 radical (unpaired) electrons. The van der Waals surface area contributed by atoms with Crippen LogP contribution in [-0.4, -0.2) is 6.04 Å². The molecular formula is C11H14ClN. The molecule has 1 unspecified atom stereocenters. The normalized spacial score (nSPS) is 21.3. The molecule has 0 amide bonds. The number of halogens is 1. The molecule has 2 N–H and O–H groups in total. The first-order chi connectivity index (χ1) is 6.18. The Morgan fingerprint density at radius 1 is 1.46 bits per heavy atom. The SMILES string of the molecule is Cc1ccc2c(c1Cl)CCC(N)C2. The fourth-order valence-corrected chi connectivity index (χ4v) is 2.23. The molecule has 0 heterocycles. The summed E-state index contributed by atoms with van der Waals surface area (Å²) in [5.41, 5.74) is 9.74. The van der Waals surface area contributed by atoms with Gasteiger partial charge in [-0.2, -0.15) is 0 Å². The summed E-state index contributed by atoms with van der Waals surface area (Å²) in [5.74, 6) is 0. The fourth-order valence-electron chi connectivity index (χ4n) is 1.95. The van der Waals surface area contributed by atoms with Gasteiger partial charge in [-0.3, -0.25) is 0 Å². The average molecular weight is 196 g/mol. The maximum absolute atomic E-state index is 6.22. The molecular weight excluding hydrogens is 182 g/mol. The quantitative estimate of drug-likeness (QED) is 0.676. The lowest BCUT2D eigenvalue weighted by molar-refractivity contribution is 0.576. The summed E-state index contributed by atoms with van der Waals surface area (Å²) in [6, 6.07) is 4.57. The zero-order chi connectivity index (χ0) is 9.42. The molecule has 1 atom stereocenters. The molecule has 0 spiro atoms. The summed E-state index contributed by atoms with van der Waals surface area (Å²) >= 11 is 6.22. The molecule has 1 aromatic rings. The van der Waals surface area contributed by atoms with Crippen molar-refractivity contribution in [1.82, 2.24) is 0 Å². The Labute approximate surface area is 83.9 Å². The molecule has 2 rings (SSSR count).